The zero-order valence-electron chi connectivity index (χ0n) is 10.4. The maximum Gasteiger partial charge on any atom is 0.360 e. The largest absolute Gasteiger partial charge is 0.453 e. The zero-order valence-corrected chi connectivity index (χ0v) is 13.5. The summed E-state index contributed by atoms with van der Waals surface area (Å²) in [4.78, 5) is 3.94. The molecule has 0 aromatic carbocycles. The van der Waals surface area contributed by atoms with Gasteiger partial charge in [0, 0.05) is 12.2 Å². The van der Waals surface area contributed by atoms with Crippen molar-refractivity contribution in [3.8, 4) is 5.19 Å². The highest BCUT2D eigenvalue weighted by molar-refractivity contribution is 7.79. The van der Waals surface area contributed by atoms with Gasteiger partial charge in [0.05, 0.1) is 0 Å². The Morgan fingerprint density at radius 1 is 1.16 bits per heavy atom. The molecule has 1 aromatic heterocycles. The van der Waals surface area contributed by atoms with E-state index < -0.39 is 0 Å². The van der Waals surface area contributed by atoms with E-state index >= 15 is 0 Å². The summed E-state index contributed by atoms with van der Waals surface area (Å²) in [5.74, 6) is 0. The van der Waals surface area contributed by atoms with Gasteiger partial charge in [-0.25, -0.2) is 0 Å². The molecule has 0 saturated heterocycles. The summed E-state index contributed by atoms with van der Waals surface area (Å²) in [6.07, 6.45) is 8.44. The first-order valence-corrected chi connectivity index (χ1v) is 8.33. The van der Waals surface area contributed by atoms with Crippen LogP contribution in [0, 0.1) is 0 Å². The van der Waals surface area contributed by atoms with Crippen LogP contribution in [0.4, 0.5) is 0 Å². The Morgan fingerprint density at radius 2 is 1.79 bits per heavy atom. The molecule has 2 rings (SSSR count). The van der Waals surface area contributed by atoms with Crippen molar-refractivity contribution in [2.75, 3.05) is 0 Å². The van der Waals surface area contributed by atoms with Gasteiger partial charge < -0.3 is 9.47 Å². The smallest absolute Gasteiger partial charge is 0.360 e. The quantitative estimate of drug-likeness (QED) is 0.689. The second kappa shape index (κ2) is 7.62. The molecule has 106 valence electrons. The standard InChI is InChI=1S/C12H15Cl2NO2S2/c13-9-10(14)19-11(15-9)17-12(18)16-8-6-4-2-1-3-5-7-8/h8H,1-7H2. The number of nitrogens with zero attached hydrogens (tertiary/aromatic N) is 1. The van der Waals surface area contributed by atoms with Crippen LogP contribution in [-0.4, -0.2) is 16.3 Å². The van der Waals surface area contributed by atoms with Crippen molar-refractivity contribution in [3.05, 3.63) is 9.49 Å². The van der Waals surface area contributed by atoms with Gasteiger partial charge in [-0.15, -0.1) is 0 Å². The number of hydrogen-bond acceptors (Lipinski definition) is 5. The van der Waals surface area contributed by atoms with Gasteiger partial charge >= 0.3 is 5.24 Å². The van der Waals surface area contributed by atoms with Crippen molar-refractivity contribution in [1.82, 2.24) is 4.98 Å². The summed E-state index contributed by atoms with van der Waals surface area (Å²) in [5, 5.41) is 0.661. The number of halogens is 2. The predicted molar refractivity (Wildman–Crippen MR) is 82.6 cm³/mol. The van der Waals surface area contributed by atoms with Crippen LogP contribution in [0.1, 0.15) is 44.9 Å². The Kier molecular flexibility index (Phi) is 6.13. The first kappa shape index (κ1) is 15.3. The maximum atomic E-state index is 5.80. The van der Waals surface area contributed by atoms with Crippen LogP contribution in [0.3, 0.4) is 0 Å². The van der Waals surface area contributed by atoms with Gasteiger partial charge in [-0.1, -0.05) is 53.8 Å². The molecular formula is C12H15Cl2NO2S2. The number of thiocarbonyl (C=S) groups is 1. The van der Waals surface area contributed by atoms with Gasteiger partial charge in [0.25, 0.3) is 5.19 Å². The fraction of sp³-hybridized carbons (Fsp3) is 0.667. The first-order valence-electron chi connectivity index (χ1n) is 6.35. The minimum absolute atomic E-state index is 0.104. The van der Waals surface area contributed by atoms with Crippen molar-refractivity contribution in [2.45, 2.75) is 51.0 Å². The normalized spacial score (nSPS) is 17.6. The second-order valence-corrected chi connectivity index (χ2v) is 6.74. The third kappa shape index (κ3) is 5.06. The first-order chi connectivity index (χ1) is 9.15. The van der Waals surface area contributed by atoms with Crippen molar-refractivity contribution >= 4 is 52.0 Å². The van der Waals surface area contributed by atoms with Crippen LogP contribution < -0.4 is 4.74 Å². The van der Waals surface area contributed by atoms with Crippen molar-refractivity contribution in [2.24, 2.45) is 0 Å². The molecule has 0 amide bonds. The van der Waals surface area contributed by atoms with E-state index in [1.165, 1.54) is 32.1 Å². The minimum Gasteiger partial charge on any atom is -0.453 e. The molecule has 0 N–H and O–H groups in total. The Hall–Kier alpha value is -0.100. The van der Waals surface area contributed by atoms with E-state index in [1.807, 2.05) is 0 Å². The van der Waals surface area contributed by atoms with Gasteiger partial charge in [0.2, 0.25) is 0 Å². The third-order valence-electron chi connectivity index (χ3n) is 3.01. The molecule has 1 aromatic rings. The van der Waals surface area contributed by atoms with Crippen molar-refractivity contribution < 1.29 is 9.47 Å². The van der Waals surface area contributed by atoms with Gasteiger partial charge in [0.1, 0.15) is 10.4 Å². The Morgan fingerprint density at radius 3 is 2.37 bits per heavy atom. The van der Waals surface area contributed by atoms with Gasteiger partial charge in [-0.2, -0.15) is 4.98 Å². The molecular weight excluding hydrogens is 325 g/mol. The van der Waals surface area contributed by atoms with Crippen LogP contribution in [0.25, 0.3) is 0 Å². The van der Waals surface area contributed by atoms with E-state index in [0.29, 0.717) is 9.53 Å². The fourth-order valence-electron chi connectivity index (χ4n) is 2.08. The highest BCUT2D eigenvalue weighted by Gasteiger charge is 2.17. The van der Waals surface area contributed by atoms with Gasteiger partial charge in [-0.05, 0) is 25.7 Å². The number of rotatable bonds is 2. The van der Waals surface area contributed by atoms with Crippen LogP contribution in [0.2, 0.25) is 9.49 Å². The average molecular weight is 340 g/mol. The Labute approximate surface area is 132 Å². The summed E-state index contributed by atoms with van der Waals surface area (Å²) in [5.41, 5.74) is 0. The molecule has 1 fully saturated rings. The SMILES string of the molecule is S=C(Oc1nc(Cl)c(Cl)s1)OC1CCCCCCC1. The molecule has 1 aliphatic rings. The van der Waals surface area contributed by atoms with Crippen molar-refractivity contribution in [3.63, 3.8) is 0 Å². The summed E-state index contributed by atoms with van der Waals surface area (Å²) in [7, 11) is 0. The van der Waals surface area contributed by atoms with Crippen molar-refractivity contribution in [1.29, 1.82) is 0 Å². The van der Waals surface area contributed by atoms with E-state index in [1.54, 1.807) is 0 Å². The van der Waals surface area contributed by atoms with Crippen LogP contribution in [0.5, 0.6) is 5.19 Å². The number of ether oxygens (including phenoxy) is 2. The number of aromatic nitrogens is 1. The Bertz CT molecular complexity index is 412. The molecule has 0 atom stereocenters. The summed E-state index contributed by atoms with van der Waals surface area (Å²) in [6, 6.07) is 0. The maximum absolute atomic E-state index is 5.80. The van der Waals surface area contributed by atoms with Gasteiger partial charge in [0.15, 0.2) is 5.15 Å². The zero-order chi connectivity index (χ0) is 13.7. The van der Waals surface area contributed by atoms with E-state index in [2.05, 4.69) is 4.98 Å². The minimum atomic E-state index is 0.104. The molecule has 0 aliphatic heterocycles. The van der Waals surface area contributed by atoms with Crippen LogP contribution in [-0.2, 0) is 4.74 Å². The summed E-state index contributed by atoms with van der Waals surface area (Å²) in [6.45, 7) is 0. The lowest BCUT2D eigenvalue weighted by Crippen LogP contribution is -2.21. The highest BCUT2D eigenvalue weighted by Crippen LogP contribution is 2.33. The molecule has 1 heterocycles. The molecule has 3 nitrogen and oxygen atoms in total. The predicted octanol–water partition coefficient (Wildman–Crippen LogP) is 5.24. The number of hydrogen-bond donors (Lipinski definition) is 0. The van der Waals surface area contributed by atoms with Crippen LogP contribution >= 0.6 is 46.8 Å². The molecule has 19 heavy (non-hydrogen) atoms. The van der Waals surface area contributed by atoms with Crippen LogP contribution in [0.15, 0.2) is 0 Å². The molecule has 1 aliphatic carbocycles. The second-order valence-electron chi connectivity index (χ2n) is 4.48. The molecule has 7 heteroatoms. The van der Waals surface area contributed by atoms with Gasteiger partial charge in [-0.3, -0.25) is 0 Å². The van der Waals surface area contributed by atoms with E-state index in [0.717, 1.165) is 24.2 Å². The summed E-state index contributed by atoms with van der Waals surface area (Å²) >= 11 is 17.8. The molecule has 0 unspecified atom stereocenters. The monoisotopic (exact) mass is 339 g/mol. The molecule has 0 radical (unpaired) electrons. The number of thiazole rings is 1. The Balaban J connectivity index is 1.82. The lowest BCUT2D eigenvalue weighted by molar-refractivity contribution is 0.128. The highest BCUT2D eigenvalue weighted by atomic mass is 35.5. The molecule has 0 bridgehead atoms. The fourth-order valence-corrected chi connectivity index (χ4v) is 3.37. The average Bonchev–Trinajstić information content (AvgIpc) is 2.61. The lowest BCUT2D eigenvalue weighted by atomic mass is 9.99. The van der Waals surface area contributed by atoms with E-state index in [4.69, 9.17) is 44.9 Å². The third-order valence-corrected chi connectivity index (χ3v) is 4.81. The summed E-state index contributed by atoms with van der Waals surface area (Å²) < 4.78 is 11.4. The van der Waals surface area contributed by atoms with E-state index in [-0.39, 0.29) is 16.5 Å². The topological polar surface area (TPSA) is 31.4 Å². The van der Waals surface area contributed by atoms with E-state index in [9.17, 15) is 0 Å². The lowest BCUT2D eigenvalue weighted by Gasteiger charge is -2.20. The molecule has 0 spiro atoms. The molecule has 1 saturated carbocycles.